The molecule has 0 saturated heterocycles. The highest BCUT2D eigenvalue weighted by Crippen LogP contribution is 2.07. The second kappa shape index (κ2) is 4.34. The van der Waals surface area contributed by atoms with Gasteiger partial charge in [0, 0.05) is 0 Å². The highest BCUT2D eigenvalue weighted by molar-refractivity contribution is 5.67. The van der Waals surface area contributed by atoms with Gasteiger partial charge in [-0.3, -0.25) is 4.79 Å². The van der Waals surface area contributed by atoms with Crippen molar-refractivity contribution in [1.29, 1.82) is 0 Å². The summed E-state index contributed by atoms with van der Waals surface area (Å²) in [5.74, 6) is 0.794. The molecule has 0 aliphatic heterocycles. The Bertz CT molecular complexity index is 292. The van der Waals surface area contributed by atoms with Crippen molar-refractivity contribution in [1.82, 2.24) is 0 Å². The first kappa shape index (κ1) is 8.53. The Morgan fingerprint density at radius 3 is 3.00 bits per heavy atom. The Labute approximate surface area is 71.2 Å². The van der Waals surface area contributed by atoms with Crippen LogP contribution in [0.25, 0.3) is 6.08 Å². The lowest BCUT2D eigenvalue weighted by Gasteiger charge is -1.87. The fraction of sp³-hybridized carbons (Fsp3) is 0.100. The largest absolute Gasteiger partial charge is 0.465 e. The quantitative estimate of drug-likeness (QED) is 0.388. The maximum absolute atomic E-state index is 9.97. The summed E-state index contributed by atoms with van der Waals surface area (Å²) in [7, 11) is 0. The Kier molecular flexibility index (Phi) is 3.08. The van der Waals surface area contributed by atoms with Crippen LogP contribution in [0, 0.1) is 0 Å². The molecule has 0 saturated carbocycles. The molecule has 0 atom stereocenters. The van der Waals surface area contributed by atoms with Crippen molar-refractivity contribution in [3.05, 3.63) is 41.9 Å². The third-order valence-electron chi connectivity index (χ3n) is 1.35. The molecule has 0 amide bonds. The van der Waals surface area contributed by atoms with Gasteiger partial charge in [0.25, 0.3) is 0 Å². The second-order valence-electron chi connectivity index (χ2n) is 2.40. The minimum Gasteiger partial charge on any atom is -0.465 e. The first-order valence-electron chi connectivity index (χ1n) is 3.66. The summed E-state index contributed by atoms with van der Waals surface area (Å²) < 4.78 is 5.09. The first-order chi connectivity index (χ1) is 5.83. The van der Waals surface area contributed by atoms with Gasteiger partial charge >= 0.3 is 0 Å². The number of allylic oxidation sites excluding steroid dienone is 3. The van der Waals surface area contributed by atoms with Crippen LogP contribution >= 0.6 is 0 Å². The molecule has 0 aliphatic carbocycles. The van der Waals surface area contributed by atoms with E-state index in [0.29, 0.717) is 0 Å². The first-order valence-corrected chi connectivity index (χ1v) is 3.66. The molecule has 0 fully saturated rings. The SMILES string of the molecule is CC(/C=C/C=O)=C\c1ccco1. The van der Waals surface area contributed by atoms with Crippen LogP contribution in [0.4, 0.5) is 0 Å². The third-order valence-corrected chi connectivity index (χ3v) is 1.35. The summed E-state index contributed by atoms with van der Waals surface area (Å²) in [5, 5.41) is 0. The van der Waals surface area contributed by atoms with E-state index in [0.717, 1.165) is 17.6 Å². The van der Waals surface area contributed by atoms with E-state index in [9.17, 15) is 4.79 Å². The molecule has 12 heavy (non-hydrogen) atoms. The molecule has 0 aliphatic rings. The molecule has 1 aromatic heterocycles. The zero-order chi connectivity index (χ0) is 8.81. The number of carbonyl (C=O) groups excluding carboxylic acids is 1. The van der Waals surface area contributed by atoms with Crippen LogP contribution in [0.5, 0.6) is 0 Å². The summed E-state index contributed by atoms with van der Waals surface area (Å²) in [6.07, 6.45) is 7.41. The molecule has 0 aromatic carbocycles. The number of furan rings is 1. The van der Waals surface area contributed by atoms with Crippen molar-refractivity contribution >= 4 is 12.4 Å². The molecule has 1 rings (SSSR count). The molecule has 2 heteroatoms. The van der Waals surface area contributed by atoms with Crippen molar-refractivity contribution in [3.8, 4) is 0 Å². The van der Waals surface area contributed by atoms with Crippen molar-refractivity contribution in [2.24, 2.45) is 0 Å². The van der Waals surface area contributed by atoms with Crippen LogP contribution in [0.3, 0.4) is 0 Å². The summed E-state index contributed by atoms with van der Waals surface area (Å²) in [6, 6.07) is 3.68. The van der Waals surface area contributed by atoms with Gasteiger partial charge in [-0.05, 0) is 36.8 Å². The van der Waals surface area contributed by atoms with Gasteiger partial charge in [-0.15, -0.1) is 0 Å². The Balaban J connectivity index is 2.69. The number of carbonyl (C=O) groups is 1. The maximum Gasteiger partial charge on any atom is 0.142 e. The van der Waals surface area contributed by atoms with Crippen molar-refractivity contribution in [2.45, 2.75) is 6.92 Å². The molecular weight excluding hydrogens is 152 g/mol. The molecule has 1 heterocycles. The van der Waals surface area contributed by atoms with E-state index in [-0.39, 0.29) is 0 Å². The topological polar surface area (TPSA) is 30.2 Å². The van der Waals surface area contributed by atoms with E-state index < -0.39 is 0 Å². The van der Waals surface area contributed by atoms with Crippen molar-refractivity contribution in [3.63, 3.8) is 0 Å². The Hall–Kier alpha value is -1.57. The van der Waals surface area contributed by atoms with Gasteiger partial charge in [0.2, 0.25) is 0 Å². The van der Waals surface area contributed by atoms with Crippen LogP contribution < -0.4 is 0 Å². The van der Waals surface area contributed by atoms with Gasteiger partial charge in [-0.1, -0.05) is 6.08 Å². The average molecular weight is 162 g/mol. The van der Waals surface area contributed by atoms with E-state index in [4.69, 9.17) is 4.42 Å². The van der Waals surface area contributed by atoms with Gasteiger partial charge in [-0.25, -0.2) is 0 Å². The lowest BCUT2D eigenvalue weighted by molar-refractivity contribution is -0.104. The van der Waals surface area contributed by atoms with E-state index in [1.807, 2.05) is 25.1 Å². The minimum atomic E-state index is 0.749. The Morgan fingerprint density at radius 2 is 2.42 bits per heavy atom. The van der Waals surface area contributed by atoms with E-state index >= 15 is 0 Å². The molecule has 62 valence electrons. The highest BCUT2D eigenvalue weighted by Gasteiger charge is 1.88. The maximum atomic E-state index is 9.97. The summed E-state index contributed by atoms with van der Waals surface area (Å²) in [6.45, 7) is 1.91. The van der Waals surface area contributed by atoms with Crippen LogP contribution in [0.1, 0.15) is 12.7 Å². The van der Waals surface area contributed by atoms with E-state index in [2.05, 4.69) is 0 Å². The van der Waals surface area contributed by atoms with Gasteiger partial charge < -0.3 is 4.42 Å². The standard InChI is InChI=1S/C10H10O2/c1-9(4-2-6-11)8-10-5-3-7-12-10/h2-8H,1H3/b4-2+,9-8+. The number of rotatable bonds is 3. The molecule has 0 bridgehead atoms. The van der Waals surface area contributed by atoms with Crippen LogP contribution in [-0.4, -0.2) is 6.29 Å². The average Bonchev–Trinajstić information content (AvgIpc) is 2.53. The zero-order valence-electron chi connectivity index (χ0n) is 6.86. The molecule has 2 nitrogen and oxygen atoms in total. The summed E-state index contributed by atoms with van der Waals surface area (Å²) in [4.78, 5) is 9.97. The van der Waals surface area contributed by atoms with Crippen molar-refractivity contribution < 1.29 is 9.21 Å². The van der Waals surface area contributed by atoms with Crippen LogP contribution in [0.2, 0.25) is 0 Å². The van der Waals surface area contributed by atoms with Crippen LogP contribution in [0.15, 0.2) is 40.5 Å². The van der Waals surface area contributed by atoms with E-state index in [1.54, 1.807) is 12.3 Å². The van der Waals surface area contributed by atoms with Gasteiger partial charge in [0.15, 0.2) is 0 Å². The zero-order valence-corrected chi connectivity index (χ0v) is 6.86. The fourth-order valence-electron chi connectivity index (χ4n) is 0.837. The Morgan fingerprint density at radius 1 is 1.58 bits per heavy atom. The lowest BCUT2D eigenvalue weighted by Crippen LogP contribution is -1.69. The lowest BCUT2D eigenvalue weighted by atomic mass is 10.2. The smallest absolute Gasteiger partial charge is 0.142 e. The predicted octanol–water partition coefficient (Wildman–Crippen LogP) is 2.44. The number of hydrogen-bond donors (Lipinski definition) is 0. The van der Waals surface area contributed by atoms with Gasteiger partial charge in [0.05, 0.1) is 6.26 Å². The number of aldehydes is 1. The molecule has 0 spiro atoms. The van der Waals surface area contributed by atoms with Crippen molar-refractivity contribution in [2.75, 3.05) is 0 Å². The molecule has 0 unspecified atom stereocenters. The van der Waals surface area contributed by atoms with Crippen LogP contribution in [-0.2, 0) is 4.79 Å². The van der Waals surface area contributed by atoms with Gasteiger partial charge in [-0.2, -0.15) is 0 Å². The molecule has 0 radical (unpaired) electrons. The predicted molar refractivity (Wildman–Crippen MR) is 47.6 cm³/mol. The fourth-order valence-corrected chi connectivity index (χ4v) is 0.837. The molecular formula is C10H10O2. The summed E-state index contributed by atoms with van der Waals surface area (Å²) in [5.41, 5.74) is 0.983. The highest BCUT2D eigenvalue weighted by atomic mass is 16.3. The molecule has 1 aromatic rings. The normalized spacial score (nSPS) is 12.2. The second-order valence-corrected chi connectivity index (χ2v) is 2.40. The minimum absolute atomic E-state index is 0.749. The molecule has 0 N–H and O–H groups in total. The van der Waals surface area contributed by atoms with Gasteiger partial charge in [0.1, 0.15) is 12.0 Å². The monoisotopic (exact) mass is 162 g/mol. The number of hydrogen-bond acceptors (Lipinski definition) is 2. The van der Waals surface area contributed by atoms with E-state index in [1.165, 1.54) is 6.08 Å². The summed E-state index contributed by atoms with van der Waals surface area (Å²) >= 11 is 0. The third kappa shape index (κ3) is 2.58.